The van der Waals surface area contributed by atoms with Crippen LogP contribution in [0.3, 0.4) is 0 Å². The summed E-state index contributed by atoms with van der Waals surface area (Å²) in [6.45, 7) is 1.35. The van der Waals surface area contributed by atoms with Gasteiger partial charge in [0, 0.05) is 20.1 Å². The van der Waals surface area contributed by atoms with Crippen molar-refractivity contribution in [1.82, 2.24) is 4.90 Å². The predicted octanol–water partition coefficient (Wildman–Crippen LogP) is 1.43. The highest BCUT2D eigenvalue weighted by atomic mass is 16.2. The number of benzene rings is 1. The van der Waals surface area contributed by atoms with Crippen LogP contribution < -0.4 is 4.90 Å². The molecule has 1 aromatic carbocycles. The van der Waals surface area contributed by atoms with Crippen molar-refractivity contribution in [3.63, 3.8) is 0 Å². The molecule has 2 amide bonds. The first-order valence-electron chi connectivity index (χ1n) is 4.76. The van der Waals surface area contributed by atoms with Crippen molar-refractivity contribution in [2.45, 2.75) is 0 Å². The van der Waals surface area contributed by atoms with Crippen LogP contribution in [0.4, 0.5) is 10.5 Å². The van der Waals surface area contributed by atoms with Crippen LogP contribution in [0.25, 0.3) is 0 Å². The smallest absolute Gasteiger partial charge is 0.324 e. The quantitative estimate of drug-likeness (QED) is 0.690. The molecule has 4 heteroatoms. The zero-order valence-electron chi connectivity index (χ0n) is 8.47. The zero-order chi connectivity index (χ0) is 10.8. The van der Waals surface area contributed by atoms with E-state index in [2.05, 4.69) is 6.07 Å². The van der Waals surface area contributed by atoms with Crippen molar-refractivity contribution >= 4 is 11.7 Å². The maximum atomic E-state index is 11.7. The maximum absolute atomic E-state index is 11.7. The normalized spacial score (nSPS) is 15.6. The number of urea groups is 1. The Labute approximate surface area is 88.3 Å². The molecule has 0 bridgehead atoms. The van der Waals surface area contributed by atoms with Gasteiger partial charge in [-0.3, -0.25) is 4.90 Å². The molecule has 0 radical (unpaired) electrons. The summed E-state index contributed by atoms with van der Waals surface area (Å²) in [5, 5.41) is 8.93. The molecule has 1 aliphatic rings. The van der Waals surface area contributed by atoms with E-state index in [9.17, 15) is 4.79 Å². The molecule has 0 spiro atoms. The number of likely N-dealkylation sites (N-methyl/N-ethyl adjacent to an activating group) is 1. The van der Waals surface area contributed by atoms with Crippen LogP contribution in [0, 0.1) is 11.3 Å². The van der Waals surface area contributed by atoms with E-state index in [-0.39, 0.29) is 6.03 Å². The van der Waals surface area contributed by atoms with Gasteiger partial charge in [-0.15, -0.1) is 0 Å². The Morgan fingerprint density at radius 3 is 2.67 bits per heavy atom. The summed E-state index contributed by atoms with van der Waals surface area (Å²) in [4.78, 5) is 15.0. The second-order valence-corrected chi connectivity index (χ2v) is 3.48. The molecule has 4 nitrogen and oxygen atoms in total. The highest BCUT2D eigenvalue weighted by Crippen LogP contribution is 2.23. The van der Waals surface area contributed by atoms with Crippen molar-refractivity contribution in [2.24, 2.45) is 0 Å². The summed E-state index contributed by atoms with van der Waals surface area (Å²) in [6.07, 6.45) is 0. The van der Waals surface area contributed by atoms with E-state index in [4.69, 9.17) is 5.26 Å². The van der Waals surface area contributed by atoms with Crippen molar-refractivity contribution in [1.29, 1.82) is 5.26 Å². The third-order valence-corrected chi connectivity index (χ3v) is 2.53. The predicted molar refractivity (Wildman–Crippen MR) is 56.5 cm³/mol. The standard InChI is InChI=1S/C11H11N3O/c1-13-6-7-14(11(13)15)10-5-3-2-4-9(10)8-12/h2-5H,6-7H2,1H3. The Bertz CT molecular complexity index is 436. The van der Waals surface area contributed by atoms with Crippen LogP contribution in [0.15, 0.2) is 24.3 Å². The SMILES string of the molecule is CN1CCN(c2ccccc2C#N)C1=O. The molecule has 76 valence electrons. The number of hydrogen-bond acceptors (Lipinski definition) is 2. The fraction of sp³-hybridized carbons (Fsp3) is 0.273. The number of rotatable bonds is 1. The zero-order valence-corrected chi connectivity index (χ0v) is 8.47. The fourth-order valence-corrected chi connectivity index (χ4v) is 1.67. The number of nitriles is 1. The van der Waals surface area contributed by atoms with Gasteiger partial charge in [0.05, 0.1) is 11.3 Å². The molecule has 0 aromatic heterocycles. The van der Waals surface area contributed by atoms with E-state index in [1.165, 1.54) is 0 Å². The van der Waals surface area contributed by atoms with E-state index in [1.807, 2.05) is 6.07 Å². The molecular formula is C11H11N3O. The number of anilines is 1. The third-order valence-electron chi connectivity index (χ3n) is 2.53. The van der Waals surface area contributed by atoms with Crippen molar-refractivity contribution in [3.05, 3.63) is 29.8 Å². The number of carbonyl (C=O) groups is 1. The lowest BCUT2D eigenvalue weighted by Crippen LogP contribution is -2.29. The summed E-state index contributed by atoms with van der Waals surface area (Å²) in [7, 11) is 1.76. The highest BCUT2D eigenvalue weighted by Gasteiger charge is 2.27. The minimum atomic E-state index is -0.0438. The van der Waals surface area contributed by atoms with Gasteiger partial charge in [0.1, 0.15) is 6.07 Å². The number of nitrogens with zero attached hydrogens (tertiary/aromatic N) is 3. The Kier molecular flexibility index (Phi) is 2.30. The summed E-state index contributed by atoms with van der Waals surface area (Å²) in [5.41, 5.74) is 1.25. The molecule has 0 saturated carbocycles. The second-order valence-electron chi connectivity index (χ2n) is 3.48. The lowest BCUT2D eigenvalue weighted by molar-refractivity contribution is 0.229. The van der Waals surface area contributed by atoms with Crippen LogP contribution in [-0.4, -0.2) is 31.1 Å². The summed E-state index contributed by atoms with van der Waals surface area (Å²) in [6, 6.07) is 9.21. The number of amides is 2. The van der Waals surface area contributed by atoms with Gasteiger partial charge in [0.15, 0.2) is 0 Å². The molecule has 0 unspecified atom stereocenters. The Morgan fingerprint density at radius 1 is 1.33 bits per heavy atom. The summed E-state index contributed by atoms with van der Waals surface area (Å²) >= 11 is 0. The van der Waals surface area contributed by atoms with Crippen molar-refractivity contribution < 1.29 is 4.79 Å². The minimum Gasteiger partial charge on any atom is -0.326 e. The van der Waals surface area contributed by atoms with Crippen LogP contribution in [-0.2, 0) is 0 Å². The third kappa shape index (κ3) is 1.52. The van der Waals surface area contributed by atoms with E-state index in [1.54, 1.807) is 35.0 Å². The summed E-state index contributed by atoms with van der Waals surface area (Å²) < 4.78 is 0. The topological polar surface area (TPSA) is 47.3 Å². The highest BCUT2D eigenvalue weighted by molar-refractivity contribution is 5.95. The van der Waals surface area contributed by atoms with Crippen LogP contribution in [0.5, 0.6) is 0 Å². The van der Waals surface area contributed by atoms with Gasteiger partial charge in [-0.1, -0.05) is 12.1 Å². The first kappa shape index (κ1) is 9.53. The van der Waals surface area contributed by atoms with Gasteiger partial charge in [0.2, 0.25) is 0 Å². The van der Waals surface area contributed by atoms with Crippen LogP contribution in [0.2, 0.25) is 0 Å². The molecule has 1 aromatic rings. The summed E-state index contributed by atoms with van der Waals surface area (Å²) in [5.74, 6) is 0. The van der Waals surface area contributed by atoms with Crippen LogP contribution >= 0.6 is 0 Å². The van der Waals surface area contributed by atoms with Gasteiger partial charge in [-0.05, 0) is 12.1 Å². The first-order chi connectivity index (χ1) is 7.24. The molecule has 0 atom stereocenters. The molecule has 15 heavy (non-hydrogen) atoms. The average Bonchev–Trinajstić information content (AvgIpc) is 2.60. The van der Waals surface area contributed by atoms with E-state index in [0.29, 0.717) is 24.3 Å². The molecule has 1 heterocycles. The Balaban J connectivity index is 2.39. The van der Waals surface area contributed by atoms with Gasteiger partial charge < -0.3 is 4.90 Å². The maximum Gasteiger partial charge on any atom is 0.324 e. The first-order valence-corrected chi connectivity index (χ1v) is 4.76. The molecule has 1 aliphatic heterocycles. The van der Waals surface area contributed by atoms with E-state index >= 15 is 0 Å². The number of para-hydroxylation sites is 1. The van der Waals surface area contributed by atoms with Gasteiger partial charge in [0.25, 0.3) is 0 Å². The van der Waals surface area contributed by atoms with E-state index < -0.39 is 0 Å². The van der Waals surface area contributed by atoms with Gasteiger partial charge in [-0.2, -0.15) is 5.26 Å². The minimum absolute atomic E-state index is 0.0438. The molecular weight excluding hydrogens is 190 g/mol. The molecule has 0 aliphatic carbocycles. The lowest BCUT2D eigenvalue weighted by Gasteiger charge is -2.16. The molecule has 1 fully saturated rings. The van der Waals surface area contributed by atoms with Gasteiger partial charge in [-0.25, -0.2) is 4.79 Å². The van der Waals surface area contributed by atoms with Gasteiger partial charge >= 0.3 is 6.03 Å². The monoisotopic (exact) mass is 201 g/mol. The largest absolute Gasteiger partial charge is 0.326 e. The Morgan fingerprint density at radius 2 is 2.07 bits per heavy atom. The second kappa shape index (κ2) is 3.62. The van der Waals surface area contributed by atoms with Crippen molar-refractivity contribution in [3.8, 4) is 6.07 Å². The van der Waals surface area contributed by atoms with E-state index in [0.717, 1.165) is 0 Å². The fourth-order valence-electron chi connectivity index (χ4n) is 1.67. The Hall–Kier alpha value is -2.02. The van der Waals surface area contributed by atoms with Crippen molar-refractivity contribution in [2.75, 3.05) is 25.0 Å². The number of hydrogen-bond donors (Lipinski definition) is 0. The molecule has 2 rings (SSSR count). The molecule has 0 N–H and O–H groups in total. The molecule has 1 saturated heterocycles. The van der Waals surface area contributed by atoms with Crippen LogP contribution in [0.1, 0.15) is 5.56 Å². The average molecular weight is 201 g/mol. The number of carbonyl (C=O) groups excluding carboxylic acids is 1. The lowest BCUT2D eigenvalue weighted by atomic mass is 10.2.